The molecule has 0 aliphatic rings. The molecule has 0 heterocycles. The maximum Gasteiger partial charge on any atom is 0.329 e. The van der Waals surface area contributed by atoms with Gasteiger partial charge in [-0.1, -0.05) is 32.6 Å². The summed E-state index contributed by atoms with van der Waals surface area (Å²) in [6, 6.07) is -1.38. The van der Waals surface area contributed by atoms with Gasteiger partial charge in [-0.2, -0.15) is 23.5 Å². The van der Waals surface area contributed by atoms with Gasteiger partial charge in [0.05, 0.1) is 14.2 Å². The predicted molar refractivity (Wildman–Crippen MR) is 122 cm³/mol. The van der Waals surface area contributed by atoms with Crippen molar-refractivity contribution in [2.24, 2.45) is 0 Å². The van der Waals surface area contributed by atoms with Crippen LogP contribution in [0.25, 0.3) is 0 Å². The SMILES string of the molecule is CCCCCCC(CSC[C@H](NC(C)=O)C(=O)OC)SC[C@H](NC(C)=O)C(=O)OC. The molecule has 8 nitrogen and oxygen atoms in total. The van der Waals surface area contributed by atoms with E-state index in [4.69, 9.17) is 9.47 Å². The highest BCUT2D eigenvalue weighted by molar-refractivity contribution is 8.03. The number of carbonyl (C=O) groups excluding carboxylic acids is 4. The lowest BCUT2D eigenvalue weighted by atomic mass is 10.1. The van der Waals surface area contributed by atoms with E-state index in [0.29, 0.717) is 11.5 Å². The zero-order valence-electron chi connectivity index (χ0n) is 18.7. The molecule has 3 atom stereocenters. The predicted octanol–water partition coefficient (Wildman–Crippen LogP) is 2.15. The second-order valence-corrected chi connectivity index (χ2v) is 9.30. The first kappa shape index (κ1) is 28.6. The molecule has 1 unspecified atom stereocenters. The summed E-state index contributed by atoms with van der Waals surface area (Å²) in [4.78, 5) is 46.5. The fraction of sp³-hybridized carbons (Fsp3) is 0.800. The van der Waals surface area contributed by atoms with Crippen LogP contribution in [0, 0.1) is 0 Å². The van der Waals surface area contributed by atoms with Crippen LogP contribution < -0.4 is 10.6 Å². The summed E-state index contributed by atoms with van der Waals surface area (Å²) in [6.45, 7) is 4.89. The third-order valence-corrected chi connectivity index (χ3v) is 7.01. The molecular formula is C20H36N2O6S2. The fourth-order valence-corrected chi connectivity index (χ4v) is 5.39. The van der Waals surface area contributed by atoms with Gasteiger partial charge in [0.25, 0.3) is 0 Å². The molecule has 0 aromatic carbocycles. The van der Waals surface area contributed by atoms with Gasteiger partial charge in [0.1, 0.15) is 12.1 Å². The summed E-state index contributed by atoms with van der Waals surface area (Å²) in [7, 11) is 2.60. The fourth-order valence-electron chi connectivity index (χ4n) is 2.68. The van der Waals surface area contributed by atoms with Crippen molar-refractivity contribution in [1.29, 1.82) is 0 Å². The first-order valence-electron chi connectivity index (χ1n) is 10.1. The normalized spacial score (nSPS) is 13.6. The molecule has 0 aliphatic carbocycles. The average Bonchev–Trinajstić information content (AvgIpc) is 2.70. The smallest absolute Gasteiger partial charge is 0.329 e. The molecule has 0 saturated carbocycles. The van der Waals surface area contributed by atoms with E-state index in [1.807, 2.05) is 0 Å². The minimum absolute atomic E-state index is 0.239. The Balaban J connectivity index is 4.84. The summed E-state index contributed by atoms with van der Waals surface area (Å²) in [5, 5.41) is 5.48. The van der Waals surface area contributed by atoms with Crippen molar-refractivity contribution in [2.45, 2.75) is 70.2 Å². The van der Waals surface area contributed by atoms with E-state index in [9.17, 15) is 19.2 Å². The topological polar surface area (TPSA) is 111 Å². The van der Waals surface area contributed by atoms with E-state index in [2.05, 4.69) is 17.6 Å². The Morgan fingerprint density at radius 1 is 0.800 bits per heavy atom. The zero-order valence-corrected chi connectivity index (χ0v) is 20.3. The van der Waals surface area contributed by atoms with Crippen LogP contribution in [0.2, 0.25) is 0 Å². The number of hydrogen-bond donors (Lipinski definition) is 2. The minimum atomic E-state index is -0.692. The summed E-state index contributed by atoms with van der Waals surface area (Å²) >= 11 is 3.17. The number of amides is 2. The Hall–Kier alpha value is -1.42. The van der Waals surface area contributed by atoms with E-state index >= 15 is 0 Å². The van der Waals surface area contributed by atoms with Crippen LogP contribution in [-0.2, 0) is 28.7 Å². The number of rotatable bonds is 16. The molecule has 0 radical (unpaired) electrons. The van der Waals surface area contributed by atoms with Crippen molar-refractivity contribution in [1.82, 2.24) is 10.6 Å². The molecule has 2 N–H and O–H groups in total. The summed E-state index contributed by atoms with van der Waals surface area (Å²) in [5.41, 5.74) is 0. The van der Waals surface area contributed by atoms with Crippen molar-refractivity contribution < 1.29 is 28.7 Å². The number of carbonyl (C=O) groups is 4. The minimum Gasteiger partial charge on any atom is -0.467 e. The largest absolute Gasteiger partial charge is 0.467 e. The summed E-state index contributed by atoms with van der Waals surface area (Å²) in [5.74, 6) is 0.0659. The van der Waals surface area contributed by atoms with Crippen molar-refractivity contribution in [2.75, 3.05) is 31.5 Å². The van der Waals surface area contributed by atoms with Gasteiger partial charge >= 0.3 is 11.9 Å². The zero-order chi connectivity index (χ0) is 22.9. The highest BCUT2D eigenvalue weighted by atomic mass is 32.2. The lowest BCUT2D eigenvalue weighted by Crippen LogP contribution is -2.43. The number of nitrogens with one attached hydrogen (secondary N) is 2. The van der Waals surface area contributed by atoms with E-state index in [1.54, 1.807) is 23.5 Å². The molecule has 0 aromatic heterocycles. The van der Waals surface area contributed by atoms with Crippen molar-refractivity contribution in [3.63, 3.8) is 0 Å². The quantitative estimate of drug-likeness (QED) is 0.264. The third kappa shape index (κ3) is 13.7. The van der Waals surface area contributed by atoms with Gasteiger partial charge in [-0.3, -0.25) is 9.59 Å². The van der Waals surface area contributed by atoms with Crippen LogP contribution in [0.4, 0.5) is 0 Å². The average molecular weight is 465 g/mol. The molecule has 0 aromatic rings. The lowest BCUT2D eigenvalue weighted by molar-refractivity contribution is -0.144. The van der Waals surface area contributed by atoms with Gasteiger partial charge in [-0.15, -0.1) is 0 Å². The van der Waals surface area contributed by atoms with Crippen molar-refractivity contribution in [3.8, 4) is 0 Å². The van der Waals surface area contributed by atoms with Gasteiger partial charge in [0.2, 0.25) is 11.8 Å². The number of methoxy groups -OCH3 is 2. The first-order valence-corrected chi connectivity index (χ1v) is 12.3. The number of ether oxygens (including phenoxy) is 2. The van der Waals surface area contributed by atoms with Gasteiger partial charge in [0, 0.05) is 36.4 Å². The van der Waals surface area contributed by atoms with Crippen LogP contribution in [0.5, 0.6) is 0 Å². The molecule has 0 saturated heterocycles. The van der Waals surface area contributed by atoms with Crippen molar-refractivity contribution >= 4 is 47.3 Å². The number of unbranched alkanes of at least 4 members (excludes halogenated alkanes) is 3. The first-order chi connectivity index (χ1) is 14.2. The third-order valence-electron chi connectivity index (χ3n) is 4.19. The van der Waals surface area contributed by atoms with Gasteiger partial charge < -0.3 is 20.1 Å². The Morgan fingerprint density at radius 2 is 1.33 bits per heavy atom. The molecule has 174 valence electrons. The molecule has 0 bridgehead atoms. The Morgan fingerprint density at radius 3 is 1.80 bits per heavy atom. The number of esters is 2. The monoisotopic (exact) mass is 464 g/mol. The molecule has 0 rings (SSSR count). The van der Waals surface area contributed by atoms with Crippen LogP contribution in [0.1, 0.15) is 52.9 Å². The number of hydrogen-bond acceptors (Lipinski definition) is 8. The van der Waals surface area contributed by atoms with Crippen molar-refractivity contribution in [3.05, 3.63) is 0 Å². The summed E-state index contributed by atoms with van der Waals surface area (Å²) in [6.07, 6.45) is 5.50. The highest BCUT2D eigenvalue weighted by Gasteiger charge is 2.24. The van der Waals surface area contributed by atoms with E-state index < -0.39 is 24.0 Å². The molecular weight excluding hydrogens is 428 g/mol. The van der Waals surface area contributed by atoms with Gasteiger partial charge in [-0.05, 0) is 6.42 Å². The Bertz CT molecular complexity index is 547. The second-order valence-electron chi connectivity index (χ2n) is 6.89. The van der Waals surface area contributed by atoms with E-state index in [0.717, 1.165) is 31.4 Å². The molecule has 0 fully saturated rings. The highest BCUT2D eigenvalue weighted by Crippen LogP contribution is 2.24. The van der Waals surface area contributed by atoms with Crippen LogP contribution in [-0.4, -0.2) is 72.6 Å². The standard InChI is InChI=1S/C20H36N2O6S2/c1-6-7-8-9-10-16(30-13-18(20(26)28-5)22-15(3)24)11-29-12-17(19(25)27-4)21-14(2)23/h16-18H,6-13H2,1-5H3,(H,21,23)(H,22,24)/t16?,17-,18-/m0/s1. The van der Waals surface area contributed by atoms with E-state index in [1.165, 1.54) is 34.5 Å². The maximum absolute atomic E-state index is 11.9. The molecule has 10 heteroatoms. The Kier molecular flexibility index (Phi) is 16.5. The Labute approximate surface area is 188 Å². The number of thioether (sulfide) groups is 2. The maximum atomic E-state index is 11.9. The van der Waals surface area contributed by atoms with Crippen LogP contribution in [0.3, 0.4) is 0 Å². The molecule has 30 heavy (non-hydrogen) atoms. The van der Waals surface area contributed by atoms with Crippen LogP contribution >= 0.6 is 23.5 Å². The lowest BCUT2D eigenvalue weighted by Gasteiger charge is -2.21. The van der Waals surface area contributed by atoms with Crippen LogP contribution in [0.15, 0.2) is 0 Å². The second kappa shape index (κ2) is 17.3. The molecule has 0 aliphatic heterocycles. The van der Waals surface area contributed by atoms with Gasteiger partial charge in [-0.25, -0.2) is 9.59 Å². The molecule has 2 amide bonds. The molecule has 0 spiro atoms. The van der Waals surface area contributed by atoms with Gasteiger partial charge in [0.15, 0.2) is 0 Å². The summed E-state index contributed by atoms with van der Waals surface area (Å²) < 4.78 is 9.54. The van der Waals surface area contributed by atoms with E-state index in [-0.39, 0.29) is 17.1 Å².